The summed E-state index contributed by atoms with van der Waals surface area (Å²) in [5, 5.41) is 5.59. The lowest BCUT2D eigenvalue weighted by Gasteiger charge is -2.32. The molecule has 1 fully saturated rings. The Morgan fingerprint density at radius 3 is 2.73 bits per heavy atom. The molecule has 1 aliphatic heterocycles. The van der Waals surface area contributed by atoms with Crippen LogP contribution in [-0.4, -0.2) is 37.2 Å². The minimum atomic E-state index is -0.584. The number of benzene rings is 2. The second kappa shape index (κ2) is 7.85. The van der Waals surface area contributed by atoms with E-state index in [2.05, 4.69) is 64.6 Å². The standard InChI is InChI=1S/C24H25N3O2S/c1-24(22(28)26-23-25-9-14-30-23)16-18-7-8-19(27-10-12-29-13-11-27)15-20(18)21(24)17-5-3-2-4-6-17/h2-9,14-15,21H,10-13,16H2,1H3,(H,25,26,28)/t21-,24+/m1/s1. The summed E-state index contributed by atoms with van der Waals surface area (Å²) >= 11 is 1.45. The number of hydrogen-bond donors (Lipinski definition) is 1. The number of hydrogen-bond acceptors (Lipinski definition) is 5. The van der Waals surface area contributed by atoms with Gasteiger partial charge in [-0.15, -0.1) is 11.3 Å². The second-order valence-electron chi connectivity index (χ2n) is 8.21. The highest BCUT2D eigenvalue weighted by atomic mass is 32.1. The van der Waals surface area contributed by atoms with E-state index in [-0.39, 0.29) is 11.8 Å². The zero-order chi connectivity index (χ0) is 20.6. The maximum absolute atomic E-state index is 13.5. The number of carbonyl (C=O) groups is 1. The maximum Gasteiger partial charge on any atom is 0.233 e. The molecule has 0 bridgehead atoms. The molecule has 2 atom stereocenters. The van der Waals surface area contributed by atoms with Gasteiger partial charge in [0.25, 0.3) is 0 Å². The third kappa shape index (κ3) is 3.40. The summed E-state index contributed by atoms with van der Waals surface area (Å²) in [5.74, 6) is 0.0186. The van der Waals surface area contributed by atoms with Crippen molar-refractivity contribution >= 4 is 28.1 Å². The summed E-state index contributed by atoms with van der Waals surface area (Å²) in [6.07, 6.45) is 2.43. The molecular weight excluding hydrogens is 394 g/mol. The summed E-state index contributed by atoms with van der Waals surface area (Å²) in [5.41, 5.74) is 4.30. The van der Waals surface area contributed by atoms with Crippen LogP contribution in [0.25, 0.3) is 0 Å². The van der Waals surface area contributed by atoms with Crippen molar-refractivity contribution in [2.75, 3.05) is 36.5 Å². The predicted octanol–water partition coefficient (Wildman–Crippen LogP) is 4.31. The molecule has 0 radical (unpaired) electrons. The summed E-state index contributed by atoms with van der Waals surface area (Å²) in [6.45, 7) is 5.40. The number of aromatic nitrogens is 1. The third-order valence-electron chi connectivity index (χ3n) is 6.32. The molecule has 2 aromatic carbocycles. The van der Waals surface area contributed by atoms with Crippen LogP contribution in [0, 0.1) is 5.41 Å². The fourth-order valence-electron chi connectivity index (χ4n) is 4.80. The Balaban J connectivity index is 1.55. The molecule has 0 unspecified atom stereocenters. The van der Waals surface area contributed by atoms with Crippen LogP contribution in [-0.2, 0) is 16.0 Å². The van der Waals surface area contributed by atoms with Crippen LogP contribution in [0.3, 0.4) is 0 Å². The monoisotopic (exact) mass is 419 g/mol. The first kappa shape index (κ1) is 19.3. The molecule has 30 heavy (non-hydrogen) atoms. The molecule has 6 heteroatoms. The van der Waals surface area contributed by atoms with Gasteiger partial charge >= 0.3 is 0 Å². The Morgan fingerprint density at radius 2 is 2.00 bits per heavy atom. The Morgan fingerprint density at radius 1 is 1.20 bits per heavy atom. The molecule has 1 aliphatic carbocycles. The number of rotatable bonds is 4. The van der Waals surface area contributed by atoms with E-state index in [1.807, 2.05) is 11.4 Å². The fraction of sp³-hybridized carbons (Fsp3) is 0.333. The van der Waals surface area contributed by atoms with E-state index in [1.165, 1.54) is 33.7 Å². The van der Waals surface area contributed by atoms with Gasteiger partial charge in [0.05, 0.1) is 18.6 Å². The van der Waals surface area contributed by atoms with Gasteiger partial charge in [-0.05, 0) is 42.2 Å². The van der Waals surface area contributed by atoms with Crippen molar-refractivity contribution in [3.8, 4) is 0 Å². The van der Waals surface area contributed by atoms with Crippen LogP contribution in [0.5, 0.6) is 0 Å². The van der Waals surface area contributed by atoms with E-state index in [1.54, 1.807) is 6.20 Å². The lowest BCUT2D eigenvalue weighted by molar-refractivity contribution is -0.125. The average molecular weight is 420 g/mol. The minimum Gasteiger partial charge on any atom is -0.378 e. The molecule has 2 aliphatic rings. The van der Waals surface area contributed by atoms with Gasteiger partial charge in [0.15, 0.2) is 5.13 Å². The van der Waals surface area contributed by atoms with Crippen molar-refractivity contribution in [1.29, 1.82) is 0 Å². The van der Waals surface area contributed by atoms with E-state index >= 15 is 0 Å². The van der Waals surface area contributed by atoms with Gasteiger partial charge < -0.3 is 15.0 Å². The Hall–Kier alpha value is -2.70. The molecule has 1 N–H and O–H groups in total. The summed E-state index contributed by atoms with van der Waals surface area (Å²) in [4.78, 5) is 20.1. The molecule has 5 nitrogen and oxygen atoms in total. The first-order valence-electron chi connectivity index (χ1n) is 10.4. The van der Waals surface area contributed by atoms with E-state index in [4.69, 9.17) is 4.74 Å². The van der Waals surface area contributed by atoms with Gasteiger partial charge in [-0.3, -0.25) is 4.79 Å². The molecule has 0 spiro atoms. The van der Waals surface area contributed by atoms with Crippen LogP contribution in [0.1, 0.15) is 29.5 Å². The van der Waals surface area contributed by atoms with Crippen molar-refractivity contribution in [2.45, 2.75) is 19.3 Å². The summed E-state index contributed by atoms with van der Waals surface area (Å²) in [6, 6.07) is 17.1. The Kier molecular flexibility index (Phi) is 5.05. The van der Waals surface area contributed by atoms with Crippen molar-refractivity contribution in [2.24, 2.45) is 5.41 Å². The van der Waals surface area contributed by atoms with Crippen LogP contribution in [0.15, 0.2) is 60.1 Å². The molecule has 0 saturated carbocycles. The van der Waals surface area contributed by atoms with Gasteiger partial charge in [-0.2, -0.15) is 0 Å². The van der Waals surface area contributed by atoms with E-state index < -0.39 is 5.41 Å². The number of nitrogens with zero attached hydrogens (tertiary/aromatic N) is 2. The largest absolute Gasteiger partial charge is 0.378 e. The Bertz CT molecular complexity index is 1030. The highest BCUT2D eigenvalue weighted by molar-refractivity contribution is 7.13. The predicted molar refractivity (Wildman–Crippen MR) is 120 cm³/mol. The minimum absolute atomic E-state index is 0.00495. The molecule has 1 aromatic heterocycles. The fourth-order valence-corrected chi connectivity index (χ4v) is 5.32. The molecular formula is C24H25N3O2S. The lowest BCUT2D eigenvalue weighted by atomic mass is 9.73. The second-order valence-corrected chi connectivity index (χ2v) is 9.11. The quantitative estimate of drug-likeness (QED) is 0.685. The number of carbonyl (C=O) groups excluding carboxylic acids is 1. The third-order valence-corrected chi connectivity index (χ3v) is 7.00. The van der Waals surface area contributed by atoms with Crippen molar-refractivity contribution in [3.63, 3.8) is 0 Å². The zero-order valence-corrected chi connectivity index (χ0v) is 17.8. The van der Waals surface area contributed by atoms with Crippen molar-refractivity contribution < 1.29 is 9.53 Å². The zero-order valence-electron chi connectivity index (χ0n) is 17.0. The van der Waals surface area contributed by atoms with Crippen LogP contribution in [0.4, 0.5) is 10.8 Å². The number of ether oxygens (including phenoxy) is 1. The highest BCUT2D eigenvalue weighted by Crippen LogP contribution is 2.52. The van der Waals surface area contributed by atoms with Gasteiger partial charge in [-0.1, -0.05) is 36.4 Å². The number of morpholine rings is 1. The Labute approximate surface area is 180 Å². The maximum atomic E-state index is 13.5. The number of thiazole rings is 1. The average Bonchev–Trinajstić information content (AvgIpc) is 3.40. The molecule has 2 heterocycles. The molecule has 1 amide bonds. The molecule has 5 rings (SSSR count). The van der Waals surface area contributed by atoms with E-state index in [0.717, 1.165) is 26.3 Å². The first-order chi connectivity index (χ1) is 14.6. The number of fused-ring (bicyclic) bond motifs is 1. The van der Waals surface area contributed by atoms with E-state index in [9.17, 15) is 4.79 Å². The summed E-state index contributed by atoms with van der Waals surface area (Å²) < 4.78 is 5.52. The smallest absolute Gasteiger partial charge is 0.233 e. The normalized spacial score (nSPS) is 23.2. The number of amides is 1. The topological polar surface area (TPSA) is 54.5 Å². The van der Waals surface area contributed by atoms with Crippen LogP contribution < -0.4 is 10.2 Å². The summed E-state index contributed by atoms with van der Waals surface area (Å²) in [7, 11) is 0. The van der Waals surface area contributed by atoms with Gasteiger partial charge in [0.2, 0.25) is 5.91 Å². The van der Waals surface area contributed by atoms with Gasteiger partial charge in [0.1, 0.15) is 0 Å². The van der Waals surface area contributed by atoms with Crippen LogP contribution in [0.2, 0.25) is 0 Å². The number of nitrogens with one attached hydrogen (secondary N) is 1. The molecule has 1 saturated heterocycles. The van der Waals surface area contributed by atoms with Crippen molar-refractivity contribution in [1.82, 2.24) is 4.98 Å². The highest BCUT2D eigenvalue weighted by Gasteiger charge is 2.49. The van der Waals surface area contributed by atoms with Gasteiger partial charge in [-0.25, -0.2) is 4.98 Å². The molecule has 154 valence electrons. The first-order valence-corrected chi connectivity index (χ1v) is 11.2. The van der Waals surface area contributed by atoms with Crippen molar-refractivity contribution in [3.05, 3.63) is 76.8 Å². The van der Waals surface area contributed by atoms with Gasteiger partial charge in [0, 0.05) is 36.3 Å². The number of anilines is 2. The SMILES string of the molecule is C[C@]1(C(=O)Nc2nccs2)Cc2ccc(N3CCOCC3)cc2[C@H]1c1ccccc1. The lowest BCUT2D eigenvalue weighted by Crippen LogP contribution is -2.37. The molecule has 3 aromatic rings. The van der Waals surface area contributed by atoms with Crippen LogP contribution >= 0.6 is 11.3 Å². The van der Waals surface area contributed by atoms with E-state index in [0.29, 0.717) is 11.6 Å².